The molecule has 1 aliphatic rings. The molecular formula is C13H28N2O2. The van der Waals surface area contributed by atoms with E-state index in [1.807, 2.05) is 0 Å². The van der Waals surface area contributed by atoms with Crippen molar-refractivity contribution in [2.24, 2.45) is 0 Å². The van der Waals surface area contributed by atoms with E-state index in [0.717, 1.165) is 59.0 Å². The van der Waals surface area contributed by atoms with Gasteiger partial charge in [-0.1, -0.05) is 20.3 Å². The first-order valence-corrected chi connectivity index (χ1v) is 6.99. The molecule has 1 aliphatic heterocycles. The molecule has 102 valence electrons. The average Bonchev–Trinajstić information content (AvgIpc) is 2.38. The summed E-state index contributed by atoms with van der Waals surface area (Å²) < 4.78 is 11.2. The van der Waals surface area contributed by atoms with Gasteiger partial charge in [-0.05, 0) is 13.0 Å². The molecule has 17 heavy (non-hydrogen) atoms. The maximum absolute atomic E-state index is 5.71. The van der Waals surface area contributed by atoms with Crippen molar-refractivity contribution in [2.75, 3.05) is 52.5 Å². The summed E-state index contributed by atoms with van der Waals surface area (Å²) in [6, 6.07) is 0. The van der Waals surface area contributed by atoms with E-state index in [-0.39, 0.29) is 0 Å². The Bertz CT molecular complexity index is 179. The fourth-order valence-electron chi connectivity index (χ4n) is 1.95. The number of hydrogen-bond donors (Lipinski definition) is 1. The zero-order valence-electron chi connectivity index (χ0n) is 11.4. The summed E-state index contributed by atoms with van der Waals surface area (Å²) in [6.07, 6.45) is 2.72. The van der Waals surface area contributed by atoms with E-state index < -0.39 is 0 Å². The van der Waals surface area contributed by atoms with Gasteiger partial charge in [0, 0.05) is 32.8 Å². The smallest absolute Gasteiger partial charge is 0.0826 e. The van der Waals surface area contributed by atoms with Gasteiger partial charge in [-0.2, -0.15) is 0 Å². The number of ether oxygens (including phenoxy) is 2. The minimum atomic E-state index is 0.347. The van der Waals surface area contributed by atoms with E-state index in [2.05, 4.69) is 24.1 Å². The molecule has 4 nitrogen and oxygen atoms in total. The maximum Gasteiger partial charge on any atom is 0.0826 e. The quantitative estimate of drug-likeness (QED) is 0.616. The molecule has 0 aromatic heterocycles. The second-order valence-corrected chi connectivity index (χ2v) is 4.56. The second kappa shape index (κ2) is 9.83. The Hall–Kier alpha value is -0.160. The van der Waals surface area contributed by atoms with Crippen LogP contribution >= 0.6 is 0 Å². The van der Waals surface area contributed by atoms with Crippen LogP contribution in [-0.2, 0) is 9.47 Å². The summed E-state index contributed by atoms with van der Waals surface area (Å²) >= 11 is 0. The summed E-state index contributed by atoms with van der Waals surface area (Å²) in [5.41, 5.74) is 0. The number of unbranched alkanes of at least 4 members (excludes halogenated alkanes) is 1. The molecule has 4 heteroatoms. The predicted molar refractivity (Wildman–Crippen MR) is 70.5 cm³/mol. The number of nitrogens with zero attached hydrogens (tertiary/aromatic N) is 1. The van der Waals surface area contributed by atoms with Gasteiger partial charge in [-0.3, -0.25) is 4.90 Å². The lowest BCUT2D eigenvalue weighted by atomic mass is 10.2. The van der Waals surface area contributed by atoms with Gasteiger partial charge < -0.3 is 14.8 Å². The average molecular weight is 244 g/mol. The third-order valence-electron chi connectivity index (χ3n) is 3.11. The molecular weight excluding hydrogens is 216 g/mol. The van der Waals surface area contributed by atoms with Crippen LogP contribution in [0.2, 0.25) is 0 Å². The zero-order chi connectivity index (χ0) is 12.3. The molecule has 0 radical (unpaired) electrons. The molecule has 0 bridgehead atoms. The van der Waals surface area contributed by atoms with Gasteiger partial charge in [0.15, 0.2) is 0 Å². The largest absolute Gasteiger partial charge is 0.380 e. The van der Waals surface area contributed by atoms with Crippen molar-refractivity contribution in [3.05, 3.63) is 0 Å². The molecule has 0 spiro atoms. The highest BCUT2D eigenvalue weighted by Gasteiger charge is 2.18. The van der Waals surface area contributed by atoms with Crippen molar-refractivity contribution < 1.29 is 9.47 Å². The fraction of sp³-hybridized carbons (Fsp3) is 1.00. The predicted octanol–water partition coefficient (Wildman–Crippen LogP) is 1.11. The van der Waals surface area contributed by atoms with E-state index in [0.29, 0.717) is 6.10 Å². The van der Waals surface area contributed by atoms with Crippen molar-refractivity contribution in [1.29, 1.82) is 0 Å². The monoisotopic (exact) mass is 244 g/mol. The summed E-state index contributed by atoms with van der Waals surface area (Å²) in [6.45, 7) is 12.1. The Balaban J connectivity index is 1.91. The van der Waals surface area contributed by atoms with Gasteiger partial charge in [0.05, 0.1) is 19.3 Å². The molecule has 1 atom stereocenters. The first kappa shape index (κ1) is 14.9. The molecule has 1 saturated heterocycles. The van der Waals surface area contributed by atoms with Crippen LogP contribution in [0.25, 0.3) is 0 Å². The molecule has 1 heterocycles. The normalized spacial score (nSPS) is 21.9. The van der Waals surface area contributed by atoms with Crippen LogP contribution in [0.15, 0.2) is 0 Å². The van der Waals surface area contributed by atoms with E-state index in [4.69, 9.17) is 9.47 Å². The first-order valence-electron chi connectivity index (χ1n) is 6.99. The van der Waals surface area contributed by atoms with Gasteiger partial charge in [-0.15, -0.1) is 0 Å². The Morgan fingerprint density at radius 2 is 2.24 bits per heavy atom. The van der Waals surface area contributed by atoms with E-state index in [9.17, 15) is 0 Å². The SMILES string of the molecule is CCCCOCCNCC1CN(CC)CCO1. The van der Waals surface area contributed by atoms with Gasteiger partial charge in [0.1, 0.15) is 0 Å². The van der Waals surface area contributed by atoms with E-state index >= 15 is 0 Å². The Morgan fingerprint density at radius 1 is 1.35 bits per heavy atom. The van der Waals surface area contributed by atoms with Gasteiger partial charge >= 0.3 is 0 Å². The summed E-state index contributed by atoms with van der Waals surface area (Å²) in [4.78, 5) is 2.44. The van der Waals surface area contributed by atoms with Crippen molar-refractivity contribution in [3.8, 4) is 0 Å². The standard InChI is InChI=1S/C13H28N2O2/c1-3-5-8-16-9-6-14-11-13-12-15(4-2)7-10-17-13/h13-14H,3-12H2,1-2H3. The first-order chi connectivity index (χ1) is 8.36. The molecule has 1 fully saturated rings. The van der Waals surface area contributed by atoms with Crippen molar-refractivity contribution >= 4 is 0 Å². The number of hydrogen-bond acceptors (Lipinski definition) is 4. The highest BCUT2D eigenvalue weighted by molar-refractivity contribution is 4.72. The highest BCUT2D eigenvalue weighted by atomic mass is 16.5. The third kappa shape index (κ3) is 6.99. The molecule has 1 unspecified atom stereocenters. The van der Waals surface area contributed by atoms with Crippen molar-refractivity contribution in [3.63, 3.8) is 0 Å². The molecule has 0 amide bonds. The molecule has 0 saturated carbocycles. The molecule has 0 aromatic rings. The van der Waals surface area contributed by atoms with Crippen LogP contribution in [0.1, 0.15) is 26.7 Å². The lowest BCUT2D eigenvalue weighted by Gasteiger charge is -2.32. The number of morpholine rings is 1. The van der Waals surface area contributed by atoms with Crippen LogP contribution < -0.4 is 5.32 Å². The van der Waals surface area contributed by atoms with Crippen molar-refractivity contribution in [1.82, 2.24) is 10.2 Å². The maximum atomic E-state index is 5.71. The number of likely N-dealkylation sites (N-methyl/N-ethyl adjacent to an activating group) is 1. The molecule has 0 aromatic carbocycles. The van der Waals surface area contributed by atoms with Gasteiger partial charge in [0.2, 0.25) is 0 Å². The summed E-state index contributed by atoms with van der Waals surface area (Å²) in [5, 5.41) is 3.40. The van der Waals surface area contributed by atoms with E-state index in [1.54, 1.807) is 0 Å². The van der Waals surface area contributed by atoms with Crippen LogP contribution in [0.4, 0.5) is 0 Å². The second-order valence-electron chi connectivity index (χ2n) is 4.56. The Kier molecular flexibility index (Phi) is 8.61. The molecule has 0 aliphatic carbocycles. The van der Waals surface area contributed by atoms with Crippen LogP contribution in [0.5, 0.6) is 0 Å². The summed E-state index contributed by atoms with van der Waals surface area (Å²) in [7, 11) is 0. The van der Waals surface area contributed by atoms with Gasteiger partial charge in [0.25, 0.3) is 0 Å². The highest BCUT2D eigenvalue weighted by Crippen LogP contribution is 2.03. The third-order valence-corrected chi connectivity index (χ3v) is 3.11. The Labute approximate surface area is 106 Å². The number of rotatable bonds is 9. The van der Waals surface area contributed by atoms with Crippen LogP contribution in [-0.4, -0.2) is 63.5 Å². The van der Waals surface area contributed by atoms with Crippen LogP contribution in [0, 0.1) is 0 Å². The lowest BCUT2D eigenvalue weighted by molar-refractivity contribution is -0.0258. The van der Waals surface area contributed by atoms with E-state index in [1.165, 1.54) is 6.42 Å². The van der Waals surface area contributed by atoms with Gasteiger partial charge in [-0.25, -0.2) is 0 Å². The molecule has 1 rings (SSSR count). The Morgan fingerprint density at radius 3 is 3.00 bits per heavy atom. The minimum absolute atomic E-state index is 0.347. The molecule has 1 N–H and O–H groups in total. The van der Waals surface area contributed by atoms with Crippen LogP contribution in [0.3, 0.4) is 0 Å². The minimum Gasteiger partial charge on any atom is -0.380 e. The summed E-state index contributed by atoms with van der Waals surface area (Å²) in [5.74, 6) is 0. The lowest BCUT2D eigenvalue weighted by Crippen LogP contribution is -2.46. The van der Waals surface area contributed by atoms with Crippen molar-refractivity contribution in [2.45, 2.75) is 32.8 Å². The number of nitrogens with one attached hydrogen (secondary N) is 1. The fourth-order valence-corrected chi connectivity index (χ4v) is 1.95. The topological polar surface area (TPSA) is 33.7 Å². The zero-order valence-corrected chi connectivity index (χ0v) is 11.4.